The maximum Gasteiger partial charge on any atom is 0.325 e. The van der Waals surface area contributed by atoms with E-state index in [1.807, 2.05) is 17.5 Å². The van der Waals surface area contributed by atoms with Crippen LogP contribution in [0.2, 0.25) is 0 Å². The van der Waals surface area contributed by atoms with Crippen molar-refractivity contribution in [3.05, 3.63) is 22.4 Å². The smallest absolute Gasteiger partial charge is 0.325 e. The van der Waals surface area contributed by atoms with Crippen LogP contribution in [0.15, 0.2) is 22.7 Å². The van der Waals surface area contributed by atoms with Crippen LogP contribution < -0.4 is 5.32 Å². The third kappa shape index (κ3) is 4.45. The molecule has 0 bridgehead atoms. The maximum atomic E-state index is 12.7. The zero-order chi connectivity index (χ0) is 22.9. The quantitative estimate of drug-likeness (QED) is 0.305. The van der Waals surface area contributed by atoms with Crippen LogP contribution in [0.3, 0.4) is 0 Å². The SMILES string of the molecule is O=C(O)Cn1nnnc1SCC1(C(=O)O)CS[C@@H]2C(NC(=O)Cc3cccs3)C(=O)N2C1. The summed E-state index contributed by atoms with van der Waals surface area (Å²) >= 11 is 3.80. The molecule has 4 rings (SSSR count). The second kappa shape index (κ2) is 9.07. The Hall–Kier alpha value is -2.65. The van der Waals surface area contributed by atoms with E-state index in [1.165, 1.54) is 28.0 Å². The standard InChI is InChI=1S/C17H18N6O6S3/c24-10(4-9-2-1-3-30-9)18-12-13(27)22-6-17(15(28)29,7-31-14(12)22)8-32-16-19-20-21-23(16)5-11(25)26/h1-3,12,14H,4-8H2,(H,18,24)(H,25,26)(H,28,29)/t12?,14-,17?/m1/s1. The molecule has 2 amide bonds. The summed E-state index contributed by atoms with van der Waals surface area (Å²) in [5, 5.41) is 34.1. The number of nitrogens with one attached hydrogen (secondary N) is 1. The van der Waals surface area contributed by atoms with Gasteiger partial charge in [0, 0.05) is 22.9 Å². The molecule has 0 radical (unpaired) electrons. The van der Waals surface area contributed by atoms with Gasteiger partial charge in [-0.1, -0.05) is 17.8 Å². The highest BCUT2D eigenvalue weighted by Crippen LogP contribution is 2.44. The van der Waals surface area contributed by atoms with Crippen molar-refractivity contribution >= 4 is 58.6 Å². The fourth-order valence-electron chi connectivity index (χ4n) is 3.43. The molecule has 2 fully saturated rings. The van der Waals surface area contributed by atoms with E-state index >= 15 is 0 Å². The largest absolute Gasteiger partial charge is 0.481 e. The van der Waals surface area contributed by atoms with Gasteiger partial charge < -0.3 is 20.4 Å². The van der Waals surface area contributed by atoms with Crippen LogP contribution in [0, 0.1) is 5.41 Å². The molecule has 170 valence electrons. The summed E-state index contributed by atoms with van der Waals surface area (Å²) in [7, 11) is 0. The highest BCUT2D eigenvalue weighted by atomic mass is 32.2. The van der Waals surface area contributed by atoms with Crippen LogP contribution in [-0.4, -0.2) is 88.5 Å². The number of carbonyl (C=O) groups is 4. The summed E-state index contributed by atoms with van der Waals surface area (Å²) < 4.78 is 1.08. The van der Waals surface area contributed by atoms with Gasteiger partial charge >= 0.3 is 11.9 Å². The number of carboxylic acids is 2. The Labute approximate surface area is 193 Å². The van der Waals surface area contributed by atoms with Crippen LogP contribution in [0.25, 0.3) is 0 Å². The van der Waals surface area contributed by atoms with Crippen molar-refractivity contribution in [3.8, 4) is 0 Å². The lowest BCUT2D eigenvalue weighted by atomic mass is 9.89. The average Bonchev–Trinajstić information content (AvgIpc) is 3.41. The number of rotatable bonds is 9. The highest BCUT2D eigenvalue weighted by molar-refractivity contribution is 8.00. The van der Waals surface area contributed by atoms with E-state index in [9.17, 15) is 24.3 Å². The summed E-state index contributed by atoms with van der Waals surface area (Å²) in [6, 6.07) is 3.03. The number of nitrogens with zero attached hydrogens (tertiary/aromatic N) is 5. The third-order valence-corrected chi connectivity index (χ3v) is 8.80. The van der Waals surface area contributed by atoms with E-state index in [0.717, 1.165) is 21.3 Å². The number of aromatic nitrogens is 4. The van der Waals surface area contributed by atoms with Crippen molar-refractivity contribution < 1.29 is 29.4 Å². The van der Waals surface area contributed by atoms with Gasteiger partial charge in [-0.3, -0.25) is 19.2 Å². The molecule has 12 nitrogen and oxygen atoms in total. The molecule has 2 aliphatic rings. The summed E-state index contributed by atoms with van der Waals surface area (Å²) in [5.74, 6) is -2.47. The molecule has 15 heteroatoms. The third-order valence-electron chi connectivity index (χ3n) is 5.09. The predicted molar refractivity (Wildman–Crippen MR) is 114 cm³/mol. The van der Waals surface area contributed by atoms with Gasteiger partial charge in [-0.2, -0.15) is 0 Å². The number of hydrogen-bond donors (Lipinski definition) is 3. The first-order chi connectivity index (χ1) is 15.3. The van der Waals surface area contributed by atoms with Crippen molar-refractivity contribution in [1.82, 2.24) is 30.4 Å². The lowest BCUT2D eigenvalue weighted by molar-refractivity contribution is -0.157. The van der Waals surface area contributed by atoms with Gasteiger partial charge in [0.2, 0.25) is 17.0 Å². The van der Waals surface area contributed by atoms with Gasteiger partial charge in [0.1, 0.15) is 23.4 Å². The summed E-state index contributed by atoms with van der Waals surface area (Å²) in [4.78, 5) is 50.3. The fourth-order valence-corrected chi connectivity index (χ4v) is 6.87. The zero-order valence-corrected chi connectivity index (χ0v) is 18.9. The van der Waals surface area contributed by atoms with Crippen LogP contribution >= 0.6 is 34.9 Å². The normalized spacial score (nSPS) is 24.5. The number of carbonyl (C=O) groups excluding carboxylic acids is 2. The lowest BCUT2D eigenvalue weighted by Gasteiger charge is -2.53. The van der Waals surface area contributed by atoms with Gasteiger partial charge in [-0.15, -0.1) is 28.2 Å². The van der Waals surface area contributed by atoms with Gasteiger partial charge in [0.15, 0.2) is 0 Å². The first kappa shape index (κ1) is 22.5. The van der Waals surface area contributed by atoms with Gasteiger partial charge in [0.05, 0.1) is 6.42 Å². The average molecular weight is 499 g/mol. The Morgan fingerprint density at radius 2 is 2.16 bits per heavy atom. The monoisotopic (exact) mass is 498 g/mol. The minimum absolute atomic E-state index is 0.0103. The topological polar surface area (TPSA) is 168 Å². The van der Waals surface area contributed by atoms with Crippen molar-refractivity contribution in [1.29, 1.82) is 0 Å². The van der Waals surface area contributed by atoms with E-state index in [1.54, 1.807) is 0 Å². The van der Waals surface area contributed by atoms with E-state index in [-0.39, 0.29) is 46.8 Å². The summed E-state index contributed by atoms with van der Waals surface area (Å²) in [6.45, 7) is -0.451. The second-order valence-electron chi connectivity index (χ2n) is 7.36. The summed E-state index contributed by atoms with van der Waals surface area (Å²) in [5.41, 5.74) is -1.26. The number of amides is 2. The molecule has 3 atom stereocenters. The first-order valence-electron chi connectivity index (χ1n) is 9.37. The first-order valence-corrected chi connectivity index (χ1v) is 12.3. The molecule has 4 heterocycles. The molecule has 2 aromatic heterocycles. The van der Waals surface area contributed by atoms with E-state index < -0.39 is 29.9 Å². The minimum Gasteiger partial charge on any atom is -0.481 e. The van der Waals surface area contributed by atoms with Gasteiger partial charge in [-0.05, 0) is 21.9 Å². The Morgan fingerprint density at radius 3 is 2.84 bits per heavy atom. The molecular weight excluding hydrogens is 480 g/mol. The van der Waals surface area contributed by atoms with E-state index in [4.69, 9.17) is 5.11 Å². The van der Waals surface area contributed by atoms with Crippen LogP contribution in [0.4, 0.5) is 0 Å². The number of hydrogen-bond acceptors (Lipinski definition) is 10. The predicted octanol–water partition coefficient (Wildman–Crippen LogP) is -0.375. The summed E-state index contributed by atoms with van der Waals surface area (Å²) in [6.07, 6.45) is 0.194. The van der Waals surface area contributed by atoms with E-state index in [2.05, 4.69) is 20.8 Å². The maximum absolute atomic E-state index is 12.7. The van der Waals surface area contributed by atoms with Crippen molar-refractivity contribution in [2.75, 3.05) is 18.1 Å². The number of thiophene rings is 1. The lowest BCUT2D eigenvalue weighted by Crippen LogP contribution is -2.74. The molecule has 0 saturated carbocycles. The molecular formula is C17H18N6O6S3. The molecule has 3 N–H and O–H groups in total. The molecule has 0 aliphatic carbocycles. The Balaban J connectivity index is 1.38. The van der Waals surface area contributed by atoms with Crippen molar-refractivity contribution in [2.45, 2.75) is 29.5 Å². The Bertz CT molecular complexity index is 1050. The molecule has 0 spiro atoms. The van der Waals surface area contributed by atoms with Crippen LogP contribution in [-0.2, 0) is 32.1 Å². The highest BCUT2D eigenvalue weighted by Gasteiger charge is 2.57. The van der Waals surface area contributed by atoms with Gasteiger partial charge in [0.25, 0.3) is 0 Å². The number of carboxylic acid groups (broad SMARTS) is 2. The molecule has 2 unspecified atom stereocenters. The number of aliphatic carboxylic acids is 2. The van der Waals surface area contributed by atoms with Crippen LogP contribution in [0.5, 0.6) is 0 Å². The van der Waals surface area contributed by atoms with Crippen molar-refractivity contribution in [2.24, 2.45) is 5.41 Å². The molecule has 32 heavy (non-hydrogen) atoms. The molecule has 2 aromatic rings. The minimum atomic E-state index is -1.26. The zero-order valence-electron chi connectivity index (χ0n) is 16.4. The van der Waals surface area contributed by atoms with E-state index in [0.29, 0.717) is 0 Å². The Morgan fingerprint density at radius 1 is 1.34 bits per heavy atom. The van der Waals surface area contributed by atoms with Gasteiger partial charge in [-0.25, -0.2) is 4.68 Å². The molecule has 0 aromatic carbocycles. The van der Waals surface area contributed by atoms with Crippen molar-refractivity contribution in [3.63, 3.8) is 0 Å². The molecule has 2 aliphatic heterocycles. The Kier molecular flexibility index (Phi) is 6.39. The number of fused-ring (bicyclic) bond motifs is 1. The molecule has 2 saturated heterocycles. The van der Waals surface area contributed by atoms with Crippen LogP contribution in [0.1, 0.15) is 4.88 Å². The number of β-lactam (4-membered cyclic amide) rings is 1. The fraction of sp³-hybridized carbons (Fsp3) is 0.471. The second-order valence-corrected chi connectivity index (χ2v) is 10.4. The number of tetrazole rings is 1. The number of thioether (sulfide) groups is 2.